The maximum absolute atomic E-state index is 11.8. The molecule has 24 heavy (non-hydrogen) atoms. The minimum absolute atomic E-state index is 0.126. The fraction of sp³-hybridized carbons (Fsp3) is 0.632. The molecule has 1 aromatic carbocycles. The molecule has 0 aromatic heterocycles. The van der Waals surface area contributed by atoms with Crippen LogP contribution in [0.4, 0.5) is 0 Å². The number of amides is 1. The van der Waals surface area contributed by atoms with Crippen LogP contribution in [0.2, 0.25) is 0 Å². The highest BCUT2D eigenvalue weighted by Gasteiger charge is 2.16. The summed E-state index contributed by atoms with van der Waals surface area (Å²) in [6.45, 7) is 3.71. The molecule has 1 N–H and O–H groups in total. The van der Waals surface area contributed by atoms with Crippen LogP contribution in [0, 0.1) is 5.92 Å². The quantitative estimate of drug-likeness (QED) is 0.706. The zero-order chi connectivity index (χ0) is 17.2. The third-order valence-corrected chi connectivity index (χ3v) is 4.59. The number of piperidine rings is 1. The van der Waals surface area contributed by atoms with Crippen LogP contribution < -0.4 is 14.8 Å². The molecule has 134 valence electrons. The molecule has 1 heterocycles. The summed E-state index contributed by atoms with van der Waals surface area (Å²) in [5.41, 5.74) is 0. The summed E-state index contributed by atoms with van der Waals surface area (Å²) in [6, 6.07) is 7.48. The third-order valence-electron chi connectivity index (χ3n) is 4.59. The van der Waals surface area contributed by atoms with Gasteiger partial charge in [-0.25, -0.2) is 0 Å². The van der Waals surface area contributed by atoms with Crippen molar-refractivity contribution in [3.8, 4) is 11.5 Å². The van der Waals surface area contributed by atoms with E-state index in [1.807, 2.05) is 24.3 Å². The summed E-state index contributed by atoms with van der Waals surface area (Å²) in [5.74, 6) is 2.51. The number of carbonyl (C=O) groups is 1. The first-order valence-electron chi connectivity index (χ1n) is 8.89. The van der Waals surface area contributed by atoms with Gasteiger partial charge in [0.15, 0.2) is 0 Å². The molecule has 0 radical (unpaired) electrons. The highest BCUT2D eigenvalue weighted by molar-refractivity contribution is 5.75. The van der Waals surface area contributed by atoms with Crippen molar-refractivity contribution < 1.29 is 14.3 Å². The first-order chi connectivity index (χ1) is 11.7. The number of benzene rings is 1. The maximum Gasteiger partial charge on any atom is 0.220 e. The largest absolute Gasteiger partial charge is 0.497 e. The summed E-state index contributed by atoms with van der Waals surface area (Å²) in [5, 5.41) is 3.03. The van der Waals surface area contributed by atoms with E-state index in [4.69, 9.17) is 9.47 Å². The van der Waals surface area contributed by atoms with Gasteiger partial charge in [-0.05, 0) is 76.0 Å². The minimum Gasteiger partial charge on any atom is -0.497 e. The van der Waals surface area contributed by atoms with E-state index < -0.39 is 0 Å². The van der Waals surface area contributed by atoms with E-state index in [1.54, 1.807) is 7.11 Å². The summed E-state index contributed by atoms with van der Waals surface area (Å²) in [6.07, 6.45) is 4.85. The number of hydrogen-bond donors (Lipinski definition) is 1. The van der Waals surface area contributed by atoms with Gasteiger partial charge in [-0.3, -0.25) is 4.79 Å². The molecule has 5 heteroatoms. The normalized spacial score (nSPS) is 15.9. The molecule has 0 saturated carbocycles. The molecule has 5 nitrogen and oxygen atoms in total. The maximum atomic E-state index is 11.8. The number of rotatable bonds is 9. The highest BCUT2D eigenvalue weighted by atomic mass is 16.5. The van der Waals surface area contributed by atoms with Crippen LogP contribution in [-0.2, 0) is 4.79 Å². The van der Waals surface area contributed by atoms with E-state index in [-0.39, 0.29) is 5.91 Å². The smallest absolute Gasteiger partial charge is 0.220 e. The number of hydrogen-bond acceptors (Lipinski definition) is 4. The van der Waals surface area contributed by atoms with Gasteiger partial charge in [0, 0.05) is 13.0 Å². The Morgan fingerprint density at radius 3 is 2.54 bits per heavy atom. The average molecular weight is 334 g/mol. The molecule has 1 fully saturated rings. The van der Waals surface area contributed by atoms with E-state index in [9.17, 15) is 4.79 Å². The molecule has 1 aliphatic heterocycles. The van der Waals surface area contributed by atoms with Gasteiger partial charge in [-0.15, -0.1) is 0 Å². The van der Waals surface area contributed by atoms with Gasteiger partial charge < -0.3 is 19.7 Å². The molecule has 0 bridgehead atoms. The summed E-state index contributed by atoms with van der Waals surface area (Å²) in [4.78, 5) is 14.2. The van der Waals surface area contributed by atoms with Crippen molar-refractivity contribution in [1.29, 1.82) is 0 Å². The minimum atomic E-state index is 0.126. The number of nitrogens with one attached hydrogen (secondary N) is 1. The zero-order valence-electron chi connectivity index (χ0n) is 14.9. The molecule has 2 rings (SSSR count). The second-order valence-corrected chi connectivity index (χ2v) is 6.51. The second-order valence-electron chi connectivity index (χ2n) is 6.51. The number of methoxy groups -OCH3 is 1. The van der Waals surface area contributed by atoms with Crippen molar-refractivity contribution in [2.45, 2.75) is 32.1 Å². The Morgan fingerprint density at radius 2 is 1.88 bits per heavy atom. The van der Waals surface area contributed by atoms with Crippen molar-refractivity contribution in [2.24, 2.45) is 5.92 Å². The standard InChI is InChI=1S/C19H30N2O3/c1-21-13-10-16(11-14-21)9-12-20-19(22)4-3-15-24-18-7-5-17(23-2)6-8-18/h5-8,16H,3-4,9-15H2,1-2H3,(H,20,22). The zero-order valence-corrected chi connectivity index (χ0v) is 14.9. The first kappa shape index (κ1) is 18.6. The van der Waals surface area contributed by atoms with Crippen LogP contribution in [0.1, 0.15) is 32.1 Å². The first-order valence-corrected chi connectivity index (χ1v) is 8.89. The number of carbonyl (C=O) groups excluding carboxylic acids is 1. The number of ether oxygens (including phenoxy) is 2. The molecule has 1 aliphatic rings. The van der Waals surface area contributed by atoms with Crippen molar-refractivity contribution in [2.75, 3.05) is 40.4 Å². The lowest BCUT2D eigenvalue weighted by atomic mass is 9.94. The van der Waals surface area contributed by atoms with Crippen LogP contribution in [0.25, 0.3) is 0 Å². The Balaban J connectivity index is 1.50. The topological polar surface area (TPSA) is 50.8 Å². The molecule has 0 atom stereocenters. The van der Waals surface area contributed by atoms with E-state index in [1.165, 1.54) is 25.9 Å². The van der Waals surface area contributed by atoms with Gasteiger partial charge in [0.25, 0.3) is 0 Å². The predicted octanol–water partition coefficient (Wildman–Crippen LogP) is 2.70. The number of likely N-dealkylation sites (tertiary alicyclic amines) is 1. The van der Waals surface area contributed by atoms with Crippen LogP contribution in [0.5, 0.6) is 11.5 Å². The average Bonchev–Trinajstić information content (AvgIpc) is 2.61. The Kier molecular flexibility index (Phi) is 7.89. The lowest BCUT2D eigenvalue weighted by molar-refractivity contribution is -0.121. The molecular formula is C19H30N2O3. The fourth-order valence-electron chi connectivity index (χ4n) is 2.95. The highest BCUT2D eigenvalue weighted by Crippen LogP contribution is 2.19. The van der Waals surface area contributed by atoms with Crippen molar-refractivity contribution in [3.63, 3.8) is 0 Å². The summed E-state index contributed by atoms with van der Waals surface area (Å²) in [7, 11) is 3.81. The lowest BCUT2D eigenvalue weighted by Crippen LogP contribution is -2.32. The van der Waals surface area contributed by atoms with Crippen LogP contribution in [0.3, 0.4) is 0 Å². The monoisotopic (exact) mass is 334 g/mol. The predicted molar refractivity (Wildman–Crippen MR) is 95.6 cm³/mol. The van der Waals surface area contributed by atoms with Gasteiger partial charge in [-0.2, -0.15) is 0 Å². The van der Waals surface area contributed by atoms with E-state index in [0.717, 1.165) is 36.8 Å². The van der Waals surface area contributed by atoms with E-state index in [2.05, 4.69) is 17.3 Å². The SMILES string of the molecule is COc1ccc(OCCCC(=O)NCCC2CCN(C)CC2)cc1. The van der Waals surface area contributed by atoms with Gasteiger partial charge in [0.05, 0.1) is 13.7 Å². The van der Waals surface area contributed by atoms with E-state index in [0.29, 0.717) is 13.0 Å². The van der Waals surface area contributed by atoms with Gasteiger partial charge in [0.2, 0.25) is 5.91 Å². The Labute approximate surface area is 145 Å². The molecule has 0 aliphatic carbocycles. The van der Waals surface area contributed by atoms with Gasteiger partial charge in [0.1, 0.15) is 11.5 Å². The summed E-state index contributed by atoms with van der Waals surface area (Å²) < 4.78 is 10.7. The van der Waals surface area contributed by atoms with Crippen molar-refractivity contribution >= 4 is 5.91 Å². The molecule has 1 amide bonds. The molecule has 0 unspecified atom stereocenters. The van der Waals surface area contributed by atoms with Crippen LogP contribution >= 0.6 is 0 Å². The fourth-order valence-corrected chi connectivity index (χ4v) is 2.95. The molecule has 1 aromatic rings. The molecule has 1 saturated heterocycles. The van der Waals surface area contributed by atoms with Crippen LogP contribution in [-0.4, -0.2) is 51.2 Å². The van der Waals surface area contributed by atoms with Gasteiger partial charge >= 0.3 is 0 Å². The van der Waals surface area contributed by atoms with E-state index >= 15 is 0 Å². The number of nitrogens with zero attached hydrogens (tertiary/aromatic N) is 1. The molecule has 0 spiro atoms. The van der Waals surface area contributed by atoms with Crippen LogP contribution in [0.15, 0.2) is 24.3 Å². The Hall–Kier alpha value is -1.75. The summed E-state index contributed by atoms with van der Waals surface area (Å²) >= 11 is 0. The van der Waals surface area contributed by atoms with Crippen molar-refractivity contribution in [3.05, 3.63) is 24.3 Å². The van der Waals surface area contributed by atoms with Gasteiger partial charge in [-0.1, -0.05) is 0 Å². The second kappa shape index (κ2) is 10.2. The molecular weight excluding hydrogens is 304 g/mol. The Bertz CT molecular complexity index is 482. The van der Waals surface area contributed by atoms with Crippen molar-refractivity contribution in [1.82, 2.24) is 10.2 Å². The Morgan fingerprint density at radius 1 is 1.21 bits per heavy atom. The third kappa shape index (κ3) is 6.79. The lowest BCUT2D eigenvalue weighted by Gasteiger charge is -2.28.